The van der Waals surface area contributed by atoms with Crippen molar-refractivity contribution in [3.8, 4) is 0 Å². The van der Waals surface area contributed by atoms with Crippen molar-refractivity contribution in [2.75, 3.05) is 6.56 Å². The van der Waals surface area contributed by atoms with E-state index in [1.807, 2.05) is 0 Å². The molecule has 2 nitrogen and oxygen atoms in total. The Balaban J connectivity index is 6.19. The van der Waals surface area contributed by atoms with Crippen molar-refractivity contribution in [2.24, 2.45) is 0 Å². The molecule has 10 heavy (non-hydrogen) atoms. The van der Waals surface area contributed by atoms with E-state index in [9.17, 15) is 4.79 Å². The van der Waals surface area contributed by atoms with Crippen LogP contribution in [-0.4, -0.2) is 12.0 Å². The zero-order valence-corrected chi connectivity index (χ0v) is 5.45. The van der Waals surface area contributed by atoms with Crippen molar-refractivity contribution in [3.63, 3.8) is 0 Å². The summed E-state index contributed by atoms with van der Waals surface area (Å²) in [6, 6.07) is 0. The van der Waals surface area contributed by atoms with Crippen molar-refractivity contribution in [3.05, 3.63) is 0 Å². The van der Waals surface area contributed by atoms with E-state index < -0.39 is 44.3 Å². The number of halogens is 1. The Morgan fingerprint density at radius 1 is 1.70 bits per heavy atom. The lowest BCUT2D eigenvalue weighted by Gasteiger charge is -1.98. The van der Waals surface area contributed by atoms with Crippen LogP contribution in [0.25, 0.3) is 0 Å². The number of carbonyl (C=O) groups is 1. The van der Waals surface area contributed by atoms with E-state index in [1.54, 1.807) is 0 Å². The third kappa shape index (κ3) is 7.76. The van der Waals surface area contributed by atoms with Gasteiger partial charge in [-0.15, -0.1) is 0 Å². The van der Waals surface area contributed by atoms with Crippen LogP contribution in [0.1, 0.15) is 50.2 Å². The largest absolute Gasteiger partial charge is 0.454 e. The highest BCUT2D eigenvalue weighted by Crippen LogP contribution is 1.99. The summed E-state index contributed by atoms with van der Waals surface area (Å²) in [4.78, 5) is 10.6. The maximum atomic E-state index is 10.6. The third-order valence-corrected chi connectivity index (χ3v) is 0.447. The van der Waals surface area contributed by atoms with Gasteiger partial charge in [-0.25, -0.2) is 4.79 Å². The van der Waals surface area contributed by atoms with E-state index in [2.05, 4.69) is 4.74 Å². The lowest BCUT2D eigenvalue weighted by molar-refractivity contribution is 0.171. The minimum absolute atomic E-state index is 1.85. The Hall–Kier alpha value is -0.240. The highest BCUT2D eigenvalue weighted by molar-refractivity contribution is 6.61. The molecule has 0 saturated carbocycles. The second kappa shape index (κ2) is 6.87. The Morgan fingerprint density at radius 2 is 2.50 bits per heavy atom. The Bertz CT molecular complexity index is 467. The Morgan fingerprint density at radius 3 is 3.10 bits per heavy atom. The topological polar surface area (TPSA) is 26.3 Å². The van der Waals surface area contributed by atoms with Gasteiger partial charge in [0.05, 0.1) is 9.30 Å². The molecule has 0 aromatic rings. The molecule has 0 N–H and O–H groups in total. The van der Waals surface area contributed by atoms with Gasteiger partial charge in [-0.05, 0) is 6.37 Å². The van der Waals surface area contributed by atoms with E-state index in [4.69, 9.17) is 29.4 Å². The monoisotopic (exact) mass is 177 g/mol. The molecule has 0 atom stereocenters. The van der Waals surface area contributed by atoms with Crippen LogP contribution in [0.2, 0.25) is 0 Å². The summed E-state index contributed by atoms with van der Waals surface area (Å²) >= 11 is 4.75. The SMILES string of the molecule is [2H]C([2H])([2H])C([2H])([2H])C([2H])([2H])C([2H])([2H])C([2H])([2H])C([2H])([2H])OC(=O)Cl. The third-order valence-electron chi connectivity index (χ3n) is 0.370. The van der Waals surface area contributed by atoms with Crippen molar-refractivity contribution in [1.29, 1.82) is 0 Å². The van der Waals surface area contributed by atoms with Gasteiger partial charge in [0, 0.05) is 26.7 Å². The van der Waals surface area contributed by atoms with Crippen LogP contribution in [0.4, 0.5) is 4.79 Å². The molecule has 60 valence electrons. The van der Waals surface area contributed by atoms with Crippen molar-refractivity contribution in [2.45, 2.75) is 32.3 Å². The van der Waals surface area contributed by atoms with Crippen LogP contribution >= 0.6 is 11.6 Å². The zero-order valence-electron chi connectivity index (χ0n) is 17.7. The number of carbonyl (C=O) groups excluding carboxylic acids is 1. The standard InChI is InChI=1S/C7H13ClO2/c1-2-3-4-5-6-10-7(8)9/h2-6H2,1H3/i1D3,2D2,3D2,4D2,5D2,6D2. The van der Waals surface area contributed by atoms with E-state index in [0.29, 0.717) is 0 Å². The molecule has 0 spiro atoms. The average Bonchev–Trinajstić information content (AvgIpc) is 2.24. The Kier molecular flexibility index (Phi) is 1.09. The molecule has 0 aliphatic rings. The Labute approximate surface area is 84.8 Å². The zero-order chi connectivity index (χ0) is 19.3. The fraction of sp³-hybridized carbons (Fsp3) is 0.857. The lowest BCUT2D eigenvalue weighted by Crippen LogP contribution is -1.95. The molecule has 0 heterocycles. The average molecular weight is 178 g/mol. The van der Waals surface area contributed by atoms with Crippen LogP contribution in [-0.2, 0) is 4.74 Å². The second-order valence-electron chi connectivity index (χ2n) is 0.942. The molecule has 0 saturated heterocycles. The summed E-state index contributed by atoms with van der Waals surface area (Å²) in [6.07, 6.45) is -16.0. The van der Waals surface area contributed by atoms with Gasteiger partial charge in [0.15, 0.2) is 0 Å². The molecule has 3 heteroatoms. The minimum atomic E-state index is -4.08. The van der Waals surface area contributed by atoms with Gasteiger partial charge in [-0.3, -0.25) is 0 Å². The van der Waals surface area contributed by atoms with Crippen molar-refractivity contribution < 1.29 is 27.4 Å². The summed E-state index contributed by atoms with van der Waals surface area (Å²) in [5.74, 6) is 0. The maximum Gasteiger partial charge on any atom is 0.403 e. The first-order chi connectivity index (χ1) is 9.67. The fourth-order valence-corrected chi connectivity index (χ4v) is 0.192. The van der Waals surface area contributed by atoms with Gasteiger partial charge in [-0.2, -0.15) is 0 Å². The van der Waals surface area contributed by atoms with E-state index in [1.165, 1.54) is 0 Å². The molecule has 0 bridgehead atoms. The van der Waals surface area contributed by atoms with Crippen LogP contribution in [0.15, 0.2) is 0 Å². The van der Waals surface area contributed by atoms with Crippen LogP contribution in [0.3, 0.4) is 0 Å². The van der Waals surface area contributed by atoms with Gasteiger partial charge in [0.2, 0.25) is 0 Å². The van der Waals surface area contributed by atoms with Crippen LogP contribution in [0, 0.1) is 0 Å². The fourth-order valence-electron chi connectivity index (χ4n) is 0.154. The van der Waals surface area contributed by atoms with Crippen LogP contribution < -0.4 is 0 Å². The molecule has 0 unspecified atom stereocenters. The molecule has 0 amide bonds. The van der Waals surface area contributed by atoms with Gasteiger partial charge in [0.1, 0.15) is 0 Å². The second-order valence-corrected chi connectivity index (χ2v) is 1.25. The van der Waals surface area contributed by atoms with Crippen LogP contribution in [0.5, 0.6) is 0 Å². The maximum absolute atomic E-state index is 10.6. The first kappa shape index (κ1) is 1.58. The predicted molar refractivity (Wildman–Crippen MR) is 41.3 cm³/mol. The summed E-state index contributed by atoms with van der Waals surface area (Å²) in [7, 11) is 0. The molecule has 0 radical (unpaired) electrons. The molecule has 0 aliphatic carbocycles. The number of ether oxygens (including phenoxy) is 1. The van der Waals surface area contributed by atoms with Crippen molar-refractivity contribution >= 4 is 17.0 Å². The molecular formula is C7H13ClO2. The first-order valence-electron chi connectivity index (χ1n) is 8.55. The first-order valence-corrected chi connectivity index (χ1v) is 2.43. The molecule has 0 aromatic heterocycles. The van der Waals surface area contributed by atoms with E-state index in [-0.39, 0.29) is 0 Å². The molecule has 0 fully saturated rings. The highest BCUT2D eigenvalue weighted by Gasteiger charge is 1.93. The molecule has 0 aromatic carbocycles. The molecule has 0 rings (SSSR count). The minimum Gasteiger partial charge on any atom is -0.454 e. The van der Waals surface area contributed by atoms with E-state index in [0.717, 1.165) is 0 Å². The van der Waals surface area contributed by atoms with Gasteiger partial charge in [0.25, 0.3) is 0 Å². The number of hydrogen-bond acceptors (Lipinski definition) is 2. The number of rotatable bonds is 5. The molecule has 0 aliphatic heterocycles. The van der Waals surface area contributed by atoms with Gasteiger partial charge < -0.3 is 4.74 Å². The predicted octanol–water partition coefficient (Wildman–Crippen LogP) is 2.94. The summed E-state index contributed by atoms with van der Waals surface area (Å²) in [5, 5.41) is 0. The lowest BCUT2D eigenvalue weighted by atomic mass is 10.2. The van der Waals surface area contributed by atoms with Crippen molar-refractivity contribution in [1.82, 2.24) is 0 Å². The summed E-state index contributed by atoms with van der Waals surface area (Å²) in [6.45, 7) is -7.50. The summed E-state index contributed by atoms with van der Waals surface area (Å²) in [5.41, 5.74) is -1.85. The van der Waals surface area contributed by atoms with Gasteiger partial charge >= 0.3 is 5.43 Å². The van der Waals surface area contributed by atoms with Gasteiger partial charge in [-0.1, -0.05) is 26.0 Å². The smallest absolute Gasteiger partial charge is 0.403 e. The highest BCUT2D eigenvalue weighted by atomic mass is 35.5. The normalized spacial score (nSPS) is 37.1. The molecular weight excluding hydrogens is 152 g/mol. The summed E-state index contributed by atoms with van der Waals surface area (Å²) < 4.78 is 98.8. The number of hydrogen-bond donors (Lipinski definition) is 0. The quantitative estimate of drug-likeness (QED) is 0.604. The van der Waals surface area contributed by atoms with E-state index >= 15 is 0 Å².